The Labute approximate surface area is 419 Å². The third-order valence-electron chi connectivity index (χ3n) is 13.6. The van der Waals surface area contributed by atoms with Gasteiger partial charge in [-0.05, 0) is 101 Å². The van der Waals surface area contributed by atoms with Crippen molar-refractivity contribution in [2.45, 2.75) is 143 Å². The van der Waals surface area contributed by atoms with E-state index in [1.54, 1.807) is 0 Å². The molecule has 372 valence electrons. The van der Waals surface area contributed by atoms with Gasteiger partial charge in [0.1, 0.15) is 23.0 Å². The van der Waals surface area contributed by atoms with Gasteiger partial charge in [-0.25, -0.2) is 0 Å². The summed E-state index contributed by atoms with van der Waals surface area (Å²) in [4.78, 5) is 9.46. The molecule has 8 heteroatoms. The summed E-state index contributed by atoms with van der Waals surface area (Å²) in [5.41, 5.74) is 13.5. The lowest BCUT2D eigenvalue weighted by Gasteiger charge is -2.28. The first-order valence-corrected chi connectivity index (χ1v) is 25.4. The maximum atomic E-state index is 12.7. The third-order valence-corrected chi connectivity index (χ3v) is 13.6. The number of phenols is 2. The van der Waals surface area contributed by atoms with Gasteiger partial charge in [-0.3, -0.25) is 9.98 Å². The standard InChI is InChI=1S/C62H80N4O4/c1-59(2,3)51-29-43-25-47-33-53(61(7,8)9)35-49(57(47)69-23-15-19-63-37-41-17-21-65(13)39-41)27-45-31-52(60(4,5)6)32-46(56(45)68)28-50-36-54(62(10,11)12)34-48(26-44(30-51)55(43)67)58(50)70-24-16-20-64-38-42-18-22-66(14)40-42/h17-18,21-22,29-40,67-68H,15-16,19-20,23-28H2,1-14H3. The predicted molar refractivity (Wildman–Crippen MR) is 291 cm³/mol. The van der Waals surface area contributed by atoms with Gasteiger partial charge < -0.3 is 28.8 Å². The second-order valence-corrected chi connectivity index (χ2v) is 23.9. The highest BCUT2D eigenvalue weighted by atomic mass is 16.5. The van der Waals surface area contributed by atoms with Crippen LogP contribution in [0.1, 0.15) is 174 Å². The second kappa shape index (κ2) is 20.8. The molecule has 0 saturated carbocycles. The molecule has 70 heavy (non-hydrogen) atoms. The number of hydrogen-bond acceptors (Lipinski definition) is 6. The normalized spacial score (nSPS) is 13.7. The zero-order valence-electron chi connectivity index (χ0n) is 44.8. The van der Waals surface area contributed by atoms with Crippen molar-refractivity contribution in [3.63, 3.8) is 0 Å². The van der Waals surface area contributed by atoms with Gasteiger partial charge in [0.15, 0.2) is 0 Å². The lowest BCUT2D eigenvalue weighted by Crippen LogP contribution is -2.17. The monoisotopic (exact) mass is 945 g/mol. The van der Waals surface area contributed by atoms with E-state index in [0.717, 1.165) is 91.1 Å². The number of rotatable bonds is 12. The first-order chi connectivity index (χ1) is 32.8. The van der Waals surface area contributed by atoms with Crippen LogP contribution >= 0.6 is 0 Å². The molecule has 6 aromatic rings. The molecule has 0 radical (unpaired) electrons. The Morgan fingerprint density at radius 3 is 0.971 bits per heavy atom. The van der Waals surface area contributed by atoms with Crippen LogP contribution in [0.5, 0.6) is 23.0 Å². The zero-order chi connectivity index (χ0) is 50.8. The second-order valence-electron chi connectivity index (χ2n) is 23.9. The Bertz CT molecular complexity index is 2570. The van der Waals surface area contributed by atoms with Crippen molar-refractivity contribution in [1.29, 1.82) is 0 Å². The summed E-state index contributed by atoms with van der Waals surface area (Å²) in [5.74, 6) is 2.21. The number of aryl methyl sites for hydroxylation is 2. The molecule has 0 spiro atoms. The number of aromatic nitrogens is 2. The van der Waals surface area contributed by atoms with Gasteiger partial charge in [-0.15, -0.1) is 0 Å². The minimum atomic E-state index is -0.195. The van der Waals surface area contributed by atoms with Crippen molar-refractivity contribution in [1.82, 2.24) is 9.13 Å². The highest BCUT2D eigenvalue weighted by molar-refractivity contribution is 5.79. The van der Waals surface area contributed by atoms with Crippen molar-refractivity contribution >= 4 is 12.4 Å². The van der Waals surface area contributed by atoms with E-state index in [2.05, 4.69) is 156 Å². The number of aromatic hydroxyl groups is 2. The number of fused-ring (bicyclic) bond motifs is 8. The number of phenolic OH excluding ortho intramolecular Hbond substituents is 2. The fraction of sp³-hybridized carbons (Fsp3) is 0.452. The van der Waals surface area contributed by atoms with Crippen LogP contribution in [0.25, 0.3) is 0 Å². The number of ether oxygens (including phenoxy) is 2. The molecule has 1 aliphatic carbocycles. The van der Waals surface area contributed by atoms with Gasteiger partial charge in [-0.1, -0.05) is 132 Å². The Morgan fingerprint density at radius 2 is 0.729 bits per heavy atom. The Balaban J connectivity index is 1.41. The molecule has 0 fully saturated rings. The van der Waals surface area contributed by atoms with E-state index in [-0.39, 0.29) is 21.7 Å². The smallest absolute Gasteiger partial charge is 0.126 e. The van der Waals surface area contributed by atoms with Crippen LogP contribution in [-0.4, -0.2) is 58.1 Å². The van der Waals surface area contributed by atoms with Crippen molar-refractivity contribution in [2.75, 3.05) is 26.3 Å². The number of aliphatic imine (C=N–C) groups is 2. The summed E-state index contributed by atoms with van der Waals surface area (Å²) in [5, 5.41) is 25.4. The lowest BCUT2D eigenvalue weighted by atomic mass is 9.79. The van der Waals surface area contributed by atoms with Crippen molar-refractivity contribution in [2.24, 2.45) is 24.1 Å². The topological polar surface area (TPSA) is 93.5 Å². The van der Waals surface area contributed by atoms with Gasteiger partial charge in [0, 0.05) is 114 Å². The minimum absolute atomic E-state index is 0.186. The maximum absolute atomic E-state index is 12.7. The fourth-order valence-corrected chi connectivity index (χ4v) is 9.22. The van der Waals surface area contributed by atoms with Gasteiger partial charge in [0.25, 0.3) is 0 Å². The third kappa shape index (κ3) is 12.8. The molecule has 0 aliphatic heterocycles. The molecule has 0 amide bonds. The molecule has 0 saturated heterocycles. The van der Waals surface area contributed by atoms with Crippen LogP contribution in [0, 0.1) is 0 Å². The maximum Gasteiger partial charge on any atom is 0.126 e. The highest BCUT2D eigenvalue weighted by Gasteiger charge is 2.28. The molecule has 7 rings (SSSR count). The summed E-state index contributed by atoms with van der Waals surface area (Å²) >= 11 is 0. The fourth-order valence-electron chi connectivity index (χ4n) is 9.22. The number of nitrogens with zero attached hydrogens (tertiary/aromatic N) is 4. The van der Waals surface area contributed by atoms with E-state index in [1.807, 2.05) is 48.1 Å². The van der Waals surface area contributed by atoms with Crippen molar-refractivity contribution in [3.8, 4) is 23.0 Å². The van der Waals surface area contributed by atoms with E-state index in [1.165, 1.54) is 11.1 Å². The molecule has 4 aromatic carbocycles. The van der Waals surface area contributed by atoms with Gasteiger partial charge in [0.05, 0.1) is 13.2 Å². The quantitative estimate of drug-likeness (QED) is 0.0942. The zero-order valence-corrected chi connectivity index (χ0v) is 44.8. The molecule has 1 aliphatic rings. The summed E-state index contributed by atoms with van der Waals surface area (Å²) < 4.78 is 18.0. The summed E-state index contributed by atoms with van der Waals surface area (Å²) in [6.45, 7) is 29.1. The molecule has 8 nitrogen and oxygen atoms in total. The average molecular weight is 945 g/mol. The van der Waals surface area contributed by atoms with E-state index >= 15 is 0 Å². The molecule has 0 atom stereocenters. The number of benzene rings is 4. The average Bonchev–Trinajstić information content (AvgIpc) is 3.88. The van der Waals surface area contributed by atoms with Crippen LogP contribution in [0.2, 0.25) is 0 Å². The van der Waals surface area contributed by atoms with Crippen LogP contribution in [0.15, 0.2) is 95.4 Å². The van der Waals surface area contributed by atoms with E-state index in [9.17, 15) is 10.2 Å². The Morgan fingerprint density at radius 1 is 0.457 bits per heavy atom. The van der Waals surface area contributed by atoms with E-state index < -0.39 is 0 Å². The Hall–Kier alpha value is -6.02. The molecule has 2 heterocycles. The molecule has 0 unspecified atom stereocenters. The Kier molecular flexibility index (Phi) is 15.4. The number of hydrogen-bond donors (Lipinski definition) is 2. The van der Waals surface area contributed by atoms with Gasteiger partial charge in [-0.2, -0.15) is 0 Å². The van der Waals surface area contributed by atoms with Crippen LogP contribution in [0.3, 0.4) is 0 Å². The SMILES string of the molecule is Cn1ccc(C=NCCCOc2c3cc(C(C)(C)C)cc2Cc2cc(C(C)(C)C)cc(c2O)Cc2cc(C(C)(C)C)cc(c2OCCCN=Cc2ccn(C)c2)Cc2cc(C(C)(C)C)cc(c2O)C3)c1. The first-order valence-electron chi connectivity index (χ1n) is 25.4. The lowest BCUT2D eigenvalue weighted by molar-refractivity contribution is 0.307. The van der Waals surface area contributed by atoms with Crippen LogP contribution in [0.4, 0.5) is 0 Å². The van der Waals surface area contributed by atoms with Crippen molar-refractivity contribution in [3.05, 3.63) is 163 Å². The highest BCUT2D eigenvalue weighted by Crippen LogP contribution is 2.44. The van der Waals surface area contributed by atoms with Crippen molar-refractivity contribution < 1.29 is 19.7 Å². The summed E-state index contributed by atoms with van der Waals surface area (Å²) in [7, 11) is 4.03. The summed E-state index contributed by atoms with van der Waals surface area (Å²) in [6.07, 6.45) is 15.3. The van der Waals surface area contributed by atoms with E-state index in [4.69, 9.17) is 19.5 Å². The molecular formula is C62H80N4O4. The largest absolute Gasteiger partial charge is 0.507 e. The predicted octanol–water partition coefficient (Wildman–Crippen LogP) is 13.4. The van der Waals surface area contributed by atoms with Crippen LogP contribution < -0.4 is 9.47 Å². The van der Waals surface area contributed by atoms with Gasteiger partial charge in [0.2, 0.25) is 0 Å². The summed E-state index contributed by atoms with van der Waals surface area (Å²) in [6, 6.07) is 22.0. The van der Waals surface area contributed by atoms with Crippen LogP contribution in [-0.2, 0) is 61.4 Å². The molecule has 8 bridgehead atoms. The minimum Gasteiger partial charge on any atom is -0.507 e. The molecule has 2 aromatic heterocycles. The van der Waals surface area contributed by atoms with Gasteiger partial charge >= 0.3 is 0 Å². The first kappa shape index (κ1) is 51.8. The molecular weight excluding hydrogens is 865 g/mol. The molecule has 2 N–H and O–H groups in total. The van der Waals surface area contributed by atoms with E-state index in [0.29, 0.717) is 63.5 Å².